The van der Waals surface area contributed by atoms with Crippen LogP contribution in [0.2, 0.25) is 0 Å². The van der Waals surface area contributed by atoms with E-state index in [2.05, 4.69) is 0 Å². The largest absolute Gasteiger partial charge is 0.493 e. The summed E-state index contributed by atoms with van der Waals surface area (Å²) >= 11 is 0. The predicted octanol–water partition coefficient (Wildman–Crippen LogP) is 1.26. The lowest BCUT2D eigenvalue weighted by atomic mass is 10.0. The highest BCUT2D eigenvalue weighted by molar-refractivity contribution is 5.73. The molecule has 0 heterocycles. The third kappa shape index (κ3) is 3.37. The summed E-state index contributed by atoms with van der Waals surface area (Å²) in [6.07, 6.45) is 0.419. The number of likely N-dealkylation sites (N-methyl/N-ethyl adjacent to an activating group) is 1. The standard InChI is InChI=1S/C13H19NO4/c1-14(2)10(13(15)16)7-9-5-6-11(17-3)12(8-9)18-4/h5-6,8,10H,7H2,1-4H3,(H,15,16). The summed E-state index contributed by atoms with van der Waals surface area (Å²) in [5.41, 5.74) is 0.897. The van der Waals surface area contributed by atoms with Crippen molar-refractivity contribution >= 4 is 5.97 Å². The molecule has 18 heavy (non-hydrogen) atoms. The zero-order chi connectivity index (χ0) is 13.7. The second-order valence-corrected chi connectivity index (χ2v) is 4.21. The minimum Gasteiger partial charge on any atom is -0.493 e. The molecule has 0 fully saturated rings. The van der Waals surface area contributed by atoms with Crippen LogP contribution in [0.1, 0.15) is 5.56 Å². The molecule has 1 atom stereocenters. The van der Waals surface area contributed by atoms with Crippen LogP contribution in [0.15, 0.2) is 18.2 Å². The second-order valence-electron chi connectivity index (χ2n) is 4.21. The Balaban J connectivity index is 2.93. The monoisotopic (exact) mass is 253 g/mol. The molecule has 0 aliphatic rings. The highest BCUT2D eigenvalue weighted by Crippen LogP contribution is 2.28. The number of methoxy groups -OCH3 is 2. The molecular formula is C13H19NO4. The Kier molecular flexibility index (Phi) is 4.97. The van der Waals surface area contributed by atoms with E-state index in [1.807, 2.05) is 6.07 Å². The number of carbonyl (C=O) groups is 1. The molecule has 0 saturated heterocycles. The van der Waals surface area contributed by atoms with E-state index < -0.39 is 12.0 Å². The summed E-state index contributed by atoms with van der Waals surface area (Å²) in [7, 11) is 6.62. The molecule has 0 radical (unpaired) electrons. The third-order valence-corrected chi connectivity index (χ3v) is 2.79. The molecule has 1 unspecified atom stereocenters. The van der Waals surface area contributed by atoms with Gasteiger partial charge in [-0.3, -0.25) is 9.69 Å². The van der Waals surface area contributed by atoms with Crippen LogP contribution >= 0.6 is 0 Å². The molecule has 100 valence electrons. The highest BCUT2D eigenvalue weighted by Gasteiger charge is 2.20. The van der Waals surface area contributed by atoms with E-state index in [1.54, 1.807) is 45.3 Å². The molecule has 0 aliphatic heterocycles. The number of carboxylic acids is 1. The van der Waals surface area contributed by atoms with Gasteiger partial charge >= 0.3 is 5.97 Å². The first-order valence-corrected chi connectivity index (χ1v) is 5.59. The number of nitrogens with zero attached hydrogens (tertiary/aromatic N) is 1. The van der Waals surface area contributed by atoms with Crippen LogP contribution in [-0.4, -0.2) is 50.3 Å². The Morgan fingerprint density at radius 3 is 2.33 bits per heavy atom. The third-order valence-electron chi connectivity index (χ3n) is 2.79. The van der Waals surface area contributed by atoms with Gasteiger partial charge in [-0.2, -0.15) is 0 Å². The summed E-state index contributed by atoms with van der Waals surface area (Å²) in [6, 6.07) is 4.88. The van der Waals surface area contributed by atoms with Crippen molar-refractivity contribution in [2.24, 2.45) is 0 Å². The molecule has 0 aliphatic carbocycles. The van der Waals surface area contributed by atoms with E-state index >= 15 is 0 Å². The van der Waals surface area contributed by atoms with Crippen LogP contribution in [0.4, 0.5) is 0 Å². The topological polar surface area (TPSA) is 59.0 Å². The maximum atomic E-state index is 11.1. The lowest BCUT2D eigenvalue weighted by Crippen LogP contribution is -2.37. The lowest BCUT2D eigenvalue weighted by molar-refractivity contribution is -0.142. The van der Waals surface area contributed by atoms with E-state index in [4.69, 9.17) is 14.6 Å². The van der Waals surface area contributed by atoms with Gasteiger partial charge in [-0.05, 0) is 38.2 Å². The lowest BCUT2D eigenvalue weighted by Gasteiger charge is -2.20. The van der Waals surface area contributed by atoms with E-state index in [9.17, 15) is 4.79 Å². The van der Waals surface area contributed by atoms with Crippen molar-refractivity contribution < 1.29 is 19.4 Å². The number of carboxylic acid groups (broad SMARTS) is 1. The summed E-state index contributed by atoms with van der Waals surface area (Å²) in [5.74, 6) is 0.408. The van der Waals surface area contributed by atoms with Gasteiger partial charge in [0, 0.05) is 0 Å². The first-order chi connectivity index (χ1) is 8.49. The van der Waals surface area contributed by atoms with Crippen molar-refractivity contribution in [2.45, 2.75) is 12.5 Å². The van der Waals surface area contributed by atoms with Crippen molar-refractivity contribution in [1.82, 2.24) is 4.90 Å². The Hall–Kier alpha value is -1.75. The van der Waals surface area contributed by atoms with Gasteiger partial charge in [0.25, 0.3) is 0 Å². The molecule has 0 spiro atoms. The predicted molar refractivity (Wildman–Crippen MR) is 68.4 cm³/mol. The molecule has 0 aromatic heterocycles. The van der Waals surface area contributed by atoms with Crippen LogP contribution in [-0.2, 0) is 11.2 Å². The minimum absolute atomic E-state index is 0.419. The van der Waals surface area contributed by atoms with Crippen LogP contribution in [0, 0.1) is 0 Å². The zero-order valence-corrected chi connectivity index (χ0v) is 11.1. The number of hydrogen-bond donors (Lipinski definition) is 1. The number of ether oxygens (including phenoxy) is 2. The van der Waals surface area contributed by atoms with Crippen molar-refractivity contribution in [3.05, 3.63) is 23.8 Å². The Morgan fingerprint density at radius 2 is 1.89 bits per heavy atom. The fraction of sp³-hybridized carbons (Fsp3) is 0.462. The van der Waals surface area contributed by atoms with Gasteiger partial charge < -0.3 is 14.6 Å². The smallest absolute Gasteiger partial charge is 0.321 e. The first kappa shape index (κ1) is 14.3. The fourth-order valence-electron chi connectivity index (χ4n) is 1.72. The van der Waals surface area contributed by atoms with Gasteiger partial charge in [0.1, 0.15) is 6.04 Å². The number of rotatable bonds is 6. The molecule has 0 amide bonds. The van der Waals surface area contributed by atoms with E-state index in [0.29, 0.717) is 17.9 Å². The van der Waals surface area contributed by atoms with Crippen molar-refractivity contribution in [2.75, 3.05) is 28.3 Å². The summed E-state index contributed by atoms with van der Waals surface area (Å²) in [6.45, 7) is 0. The molecule has 0 bridgehead atoms. The Morgan fingerprint density at radius 1 is 1.28 bits per heavy atom. The summed E-state index contributed by atoms with van der Waals surface area (Å²) in [4.78, 5) is 12.8. The molecule has 1 N–H and O–H groups in total. The summed E-state index contributed by atoms with van der Waals surface area (Å²) < 4.78 is 10.3. The number of benzene rings is 1. The van der Waals surface area contributed by atoms with Crippen LogP contribution in [0.5, 0.6) is 11.5 Å². The molecular weight excluding hydrogens is 234 g/mol. The zero-order valence-electron chi connectivity index (χ0n) is 11.1. The quantitative estimate of drug-likeness (QED) is 0.827. The molecule has 5 nitrogen and oxygen atoms in total. The first-order valence-electron chi connectivity index (χ1n) is 5.59. The van der Waals surface area contributed by atoms with Gasteiger partial charge in [0.2, 0.25) is 0 Å². The van der Waals surface area contributed by atoms with E-state index in [-0.39, 0.29) is 0 Å². The van der Waals surface area contributed by atoms with Gasteiger partial charge in [-0.15, -0.1) is 0 Å². The number of aliphatic carboxylic acids is 1. The molecule has 0 saturated carbocycles. The van der Waals surface area contributed by atoms with Crippen molar-refractivity contribution in [3.63, 3.8) is 0 Å². The SMILES string of the molecule is COc1ccc(CC(C(=O)O)N(C)C)cc1OC. The molecule has 5 heteroatoms. The minimum atomic E-state index is -0.838. The van der Waals surface area contributed by atoms with Crippen LogP contribution in [0.3, 0.4) is 0 Å². The molecule has 1 aromatic carbocycles. The van der Waals surface area contributed by atoms with Gasteiger partial charge in [0.05, 0.1) is 14.2 Å². The Bertz CT molecular complexity index is 417. The van der Waals surface area contributed by atoms with E-state index in [0.717, 1.165) is 5.56 Å². The van der Waals surface area contributed by atoms with Gasteiger partial charge in [-0.25, -0.2) is 0 Å². The maximum Gasteiger partial charge on any atom is 0.321 e. The fourth-order valence-corrected chi connectivity index (χ4v) is 1.72. The van der Waals surface area contributed by atoms with Crippen molar-refractivity contribution in [3.8, 4) is 11.5 Å². The van der Waals surface area contributed by atoms with Crippen LogP contribution < -0.4 is 9.47 Å². The van der Waals surface area contributed by atoms with E-state index in [1.165, 1.54) is 0 Å². The molecule has 1 rings (SSSR count). The highest BCUT2D eigenvalue weighted by atomic mass is 16.5. The maximum absolute atomic E-state index is 11.1. The average Bonchev–Trinajstić information content (AvgIpc) is 2.34. The second kappa shape index (κ2) is 6.26. The average molecular weight is 253 g/mol. The van der Waals surface area contributed by atoms with Crippen LogP contribution in [0.25, 0.3) is 0 Å². The Labute approximate surface area is 107 Å². The summed E-state index contributed by atoms with van der Waals surface area (Å²) in [5, 5.41) is 9.13. The molecule has 1 aromatic rings. The number of hydrogen-bond acceptors (Lipinski definition) is 4. The van der Waals surface area contributed by atoms with Crippen molar-refractivity contribution in [1.29, 1.82) is 0 Å². The normalized spacial score (nSPS) is 12.3. The van der Waals surface area contributed by atoms with Gasteiger partial charge in [-0.1, -0.05) is 6.07 Å². The van der Waals surface area contributed by atoms with Gasteiger partial charge in [0.15, 0.2) is 11.5 Å².